The van der Waals surface area contributed by atoms with Gasteiger partial charge in [-0.1, -0.05) is 27.7 Å². The molecule has 80 valence electrons. The van der Waals surface area contributed by atoms with Gasteiger partial charge in [0, 0.05) is 0 Å². The van der Waals surface area contributed by atoms with Gasteiger partial charge in [0.25, 0.3) is 0 Å². The van der Waals surface area contributed by atoms with Crippen LogP contribution in [0, 0.1) is 6.92 Å². The summed E-state index contributed by atoms with van der Waals surface area (Å²) in [6, 6.07) is 0. The standard InChI is InChI=1S/C8H12N2O2.CH3I/c1-5(11)8(3,4)7-9-6(2)10-12-7;1-2/h1-4H3;1H3. The molecule has 0 aliphatic carbocycles. The van der Waals surface area contributed by atoms with E-state index >= 15 is 0 Å². The summed E-state index contributed by atoms with van der Waals surface area (Å²) in [5, 5.41) is 3.63. The number of ketones is 1. The fourth-order valence-electron chi connectivity index (χ4n) is 0.702. The average Bonchev–Trinajstić information content (AvgIpc) is 2.55. The van der Waals surface area contributed by atoms with Gasteiger partial charge in [-0.15, -0.1) is 0 Å². The van der Waals surface area contributed by atoms with Crippen LogP contribution in [0.5, 0.6) is 0 Å². The van der Waals surface area contributed by atoms with Crippen molar-refractivity contribution in [2.45, 2.75) is 33.1 Å². The Bertz CT molecular complexity index is 308. The number of hydrogen-bond donors (Lipinski definition) is 0. The number of rotatable bonds is 2. The van der Waals surface area contributed by atoms with E-state index in [0.29, 0.717) is 11.7 Å². The average molecular weight is 310 g/mol. The number of halogens is 1. The highest BCUT2D eigenvalue weighted by atomic mass is 127. The van der Waals surface area contributed by atoms with Crippen LogP contribution in [0.3, 0.4) is 0 Å². The zero-order valence-corrected chi connectivity index (χ0v) is 11.2. The molecule has 14 heavy (non-hydrogen) atoms. The first kappa shape index (κ1) is 13.5. The molecule has 0 aromatic carbocycles. The van der Waals surface area contributed by atoms with Crippen molar-refractivity contribution in [1.82, 2.24) is 10.1 Å². The Hall–Kier alpha value is -0.460. The molecule has 0 amide bonds. The van der Waals surface area contributed by atoms with E-state index in [-0.39, 0.29) is 5.78 Å². The fraction of sp³-hybridized carbons (Fsp3) is 0.667. The molecule has 4 nitrogen and oxygen atoms in total. The summed E-state index contributed by atoms with van der Waals surface area (Å²) in [6.07, 6.45) is 0. The number of carbonyl (C=O) groups is 1. The summed E-state index contributed by atoms with van der Waals surface area (Å²) in [6.45, 7) is 6.77. The first-order valence-electron chi connectivity index (χ1n) is 4.14. The second kappa shape index (κ2) is 5.43. The van der Waals surface area contributed by atoms with Crippen molar-refractivity contribution in [2.75, 3.05) is 4.93 Å². The SMILES string of the molecule is CC(=O)C(C)(C)c1nc(C)no1.CI. The second-order valence-corrected chi connectivity index (χ2v) is 3.33. The number of carbonyl (C=O) groups excluding carboxylic acids is 1. The molecule has 1 rings (SSSR count). The molecule has 1 heterocycles. The first-order valence-corrected chi connectivity index (χ1v) is 6.30. The third-order valence-electron chi connectivity index (χ3n) is 1.94. The number of aryl methyl sites for hydroxylation is 1. The Balaban J connectivity index is 0.000000791. The predicted molar refractivity (Wildman–Crippen MR) is 62.7 cm³/mol. The Morgan fingerprint density at radius 1 is 1.43 bits per heavy atom. The van der Waals surface area contributed by atoms with Crippen LogP contribution in [0.15, 0.2) is 4.52 Å². The van der Waals surface area contributed by atoms with Crippen LogP contribution in [0.2, 0.25) is 0 Å². The molecule has 0 spiro atoms. The van der Waals surface area contributed by atoms with E-state index < -0.39 is 5.41 Å². The summed E-state index contributed by atoms with van der Waals surface area (Å²) in [7, 11) is 0. The van der Waals surface area contributed by atoms with Crippen molar-refractivity contribution in [3.8, 4) is 0 Å². The van der Waals surface area contributed by atoms with Crippen molar-refractivity contribution in [3.63, 3.8) is 0 Å². The Morgan fingerprint density at radius 2 is 1.93 bits per heavy atom. The van der Waals surface area contributed by atoms with Crippen molar-refractivity contribution < 1.29 is 9.32 Å². The molecule has 0 fully saturated rings. The van der Waals surface area contributed by atoms with Crippen LogP contribution in [0.4, 0.5) is 0 Å². The number of hydrogen-bond acceptors (Lipinski definition) is 4. The van der Waals surface area contributed by atoms with Crippen LogP contribution in [-0.4, -0.2) is 20.9 Å². The van der Waals surface area contributed by atoms with Crippen molar-refractivity contribution >= 4 is 28.4 Å². The van der Waals surface area contributed by atoms with Crippen LogP contribution < -0.4 is 0 Å². The van der Waals surface area contributed by atoms with Crippen LogP contribution >= 0.6 is 22.6 Å². The summed E-state index contributed by atoms with van der Waals surface area (Å²) in [5.74, 6) is 0.956. The first-order chi connectivity index (χ1) is 6.44. The topological polar surface area (TPSA) is 56.0 Å². The van der Waals surface area contributed by atoms with Gasteiger partial charge in [0.05, 0.1) is 0 Å². The molecule has 0 unspecified atom stereocenters. The molecule has 1 aromatic rings. The van der Waals surface area contributed by atoms with Gasteiger partial charge in [-0.2, -0.15) is 4.98 Å². The third kappa shape index (κ3) is 3.04. The molecule has 0 saturated heterocycles. The van der Waals surface area contributed by atoms with Gasteiger partial charge in [-0.3, -0.25) is 4.79 Å². The lowest BCUT2D eigenvalue weighted by Gasteiger charge is -2.14. The predicted octanol–water partition coefficient (Wildman–Crippen LogP) is 2.30. The normalized spacial score (nSPS) is 10.4. The van der Waals surface area contributed by atoms with Crippen LogP contribution in [0.25, 0.3) is 0 Å². The minimum atomic E-state index is -0.665. The molecule has 5 heteroatoms. The van der Waals surface area contributed by atoms with Gasteiger partial charge in [0.2, 0.25) is 5.89 Å². The minimum absolute atomic E-state index is 0.0196. The highest BCUT2D eigenvalue weighted by molar-refractivity contribution is 14.1. The van der Waals surface area contributed by atoms with Crippen molar-refractivity contribution in [2.24, 2.45) is 0 Å². The molecule has 0 atom stereocenters. The highest BCUT2D eigenvalue weighted by Gasteiger charge is 2.32. The quantitative estimate of drug-likeness (QED) is 0.621. The Morgan fingerprint density at radius 3 is 2.21 bits per heavy atom. The van der Waals surface area contributed by atoms with Gasteiger partial charge in [0.15, 0.2) is 5.82 Å². The van der Waals surface area contributed by atoms with Gasteiger partial charge < -0.3 is 4.52 Å². The maximum Gasteiger partial charge on any atom is 0.239 e. The van der Waals surface area contributed by atoms with E-state index in [2.05, 4.69) is 32.7 Å². The van der Waals surface area contributed by atoms with E-state index in [1.54, 1.807) is 20.8 Å². The number of alkyl halides is 1. The van der Waals surface area contributed by atoms with Gasteiger partial charge in [0.1, 0.15) is 11.2 Å². The van der Waals surface area contributed by atoms with Gasteiger partial charge in [-0.25, -0.2) is 0 Å². The third-order valence-corrected chi connectivity index (χ3v) is 1.94. The van der Waals surface area contributed by atoms with E-state index in [1.807, 2.05) is 4.93 Å². The van der Waals surface area contributed by atoms with Gasteiger partial charge >= 0.3 is 0 Å². The molecule has 0 bridgehead atoms. The molecule has 0 aliphatic heterocycles. The van der Waals surface area contributed by atoms with Crippen LogP contribution in [0.1, 0.15) is 32.5 Å². The number of aromatic nitrogens is 2. The van der Waals surface area contributed by atoms with Crippen molar-refractivity contribution in [3.05, 3.63) is 11.7 Å². The minimum Gasteiger partial charge on any atom is -0.338 e. The second-order valence-electron chi connectivity index (χ2n) is 3.33. The smallest absolute Gasteiger partial charge is 0.239 e. The Labute approximate surface area is 97.6 Å². The number of nitrogens with zero attached hydrogens (tertiary/aromatic N) is 2. The maximum absolute atomic E-state index is 11.1. The lowest BCUT2D eigenvalue weighted by Crippen LogP contribution is -2.26. The van der Waals surface area contributed by atoms with E-state index in [1.165, 1.54) is 6.92 Å². The van der Waals surface area contributed by atoms with Crippen molar-refractivity contribution in [1.29, 1.82) is 0 Å². The Kier molecular flexibility index (Phi) is 5.25. The maximum atomic E-state index is 11.1. The fourth-order valence-corrected chi connectivity index (χ4v) is 0.702. The van der Waals surface area contributed by atoms with E-state index in [0.717, 1.165) is 0 Å². The largest absolute Gasteiger partial charge is 0.338 e. The molecule has 0 saturated carbocycles. The lowest BCUT2D eigenvalue weighted by atomic mass is 9.89. The highest BCUT2D eigenvalue weighted by Crippen LogP contribution is 2.21. The van der Waals surface area contributed by atoms with E-state index in [4.69, 9.17) is 4.52 Å². The molecule has 1 aromatic heterocycles. The van der Waals surface area contributed by atoms with Gasteiger partial charge in [-0.05, 0) is 32.6 Å². The monoisotopic (exact) mass is 310 g/mol. The zero-order valence-electron chi connectivity index (χ0n) is 9.09. The summed E-state index contributed by atoms with van der Waals surface area (Å²) in [5.41, 5.74) is -0.665. The molecular weight excluding hydrogens is 295 g/mol. The lowest BCUT2D eigenvalue weighted by molar-refractivity contribution is -0.122. The van der Waals surface area contributed by atoms with Crippen LogP contribution in [-0.2, 0) is 10.2 Å². The molecule has 0 radical (unpaired) electrons. The molecular formula is C9H15IN2O2. The van der Waals surface area contributed by atoms with E-state index in [9.17, 15) is 4.79 Å². The number of Topliss-reactive ketones (excluding diaryl/α,β-unsaturated/α-hetero) is 1. The summed E-state index contributed by atoms with van der Waals surface area (Å²) < 4.78 is 4.91. The molecule has 0 aliphatic rings. The molecule has 0 N–H and O–H groups in total. The summed E-state index contributed by atoms with van der Waals surface area (Å²) >= 11 is 2.15. The zero-order chi connectivity index (χ0) is 11.4. The summed E-state index contributed by atoms with van der Waals surface area (Å²) in [4.78, 5) is 17.1.